The fourth-order valence-corrected chi connectivity index (χ4v) is 3.45. The van der Waals surface area contributed by atoms with E-state index in [1.54, 1.807) is 6.92 Å². The van der Waals surface area contributed by atoms with E-state index in [0.29, 0.717) is 6.42 Å². The Kier molecular flexibility index (Phi) is 6.38. The van der Waals surface area contributed by atoms with Crippen LogP contribution in [0.5, 0.6) is 0 Å². The third-order valence-corrected chi connectivity index (χ3v) is 5.13. The van der Waals surface area contributed by atoms with Crippen molar-refractivity contribution < 1.29 is 14.3 Å². The first kappa shape index (κ1) is 20.7. The summed E-state index contributed by atoms with van der Waals surface area (Å²) in [6, 6.07) is 24.6. The van der Waals surface area contributed by atoms with E-state index in [2.05, 4.69) is 31.2 Å². The minimum Gasteiger partial charge on any atom is -0.435 e. The Balaban J connectivity index is 2.18. The third kappa shape index (κ3) is 4.86. The van der Waals surface area contributed by atoms with Gasteiger partial charge in [-0.15, -0.1) is 0 Å². The van der Waals surface area contributed by atoms with Crippen LogP contribution >= 0.6 is 0 Å². The number of benzene rings is 3. The summed E-state index contributed by atoms with van der Waals surface area (Å²) in [6.45, 7) is 8.20. The Morgan fingerprint density at radius 1 is 0.724 bits per heavy atom. The molecule has 0 fully saturated rings. The summed E-state index contributed by atoms with van der Waals surface area (Å²) in [7, 11) is 0. The number of carbonyl (C=O) groups is 1. The maximum absolute atomic E-state index is 12.5. The topological polar surface area (TPSA) is 35.5 Å². The lowest BCUT2D eigenvalue weighted by atomic mass is 9.80. The fraction of sp³-hybridized carbons (Fsp3) is 0.269. The van der Waals surface area contributed by atoms with Crippen LogP contribution in [-0.2, 0) is 21.5 Å². The zero-order valence-corrected chi connectivity index (χ0v) is 17.6. The van der Waals surface area contributed by atoms with Crippen LogP contribution in [0.4, 0.5) is 4.79 Å². The SMILES string of the molecule is CCOC(=O)OC(Cc1ccc(C)cc1)(c1ccc(C)cc1)c1ccc(C)cc1. The van der Waals surface area contributed by atoms with E-state index in [1.807, 2.05) is 62.4 Å². The number of rotatable bonds is 6. The largest absolute Gasteiger partial charge is 0.509 e. The lowest BCUT2D eigenvalue weighted by Gasteiger charge is -2.34. The average Bonchev–Trinajstić information content (AvgIpc) is 2.70. The predicted octanol–water partition coefficient (Wildman–Crippen LogP) is 6.27. The normalized spacial score (nSPS) is 11.2. The first-order valence-corrected chi connectivity index (χ1v) is 9.98. The van der Waals surface area contributed by atoms with E-state index in [1.165, 1.54) is 5.56 Å². The van der Waals surface area contributed by atoms with Crippen molar-refractivity contribution in [2.45, 2.75) is 39.7 Å². The zero-order chi connectivity index (χ0) is 20.9. The van der Waals surface area contributed by atoms with Crippen molar-refractivity contribution in [2.75, 3.05) is 6.61 Å². The molecule has 3 aromatic carbocycles. The predicted molar refractivity (Wildman–Crippen MR) is 116 cm³/mol. The standard InChI is InChI=1S/C26H28O3/c1-5-28-25(27)29-26(23-14-8-20(3)9-15-23,24-16-10-21(4)11-17-24)18-22-12-6-19(2)7-13-22/h6-17H,5,18H2,1-4H3. The van der Waals surface area contributed by atoms with E-state index in [0.717, 1.165) is 27.8 Å². The maximum Gasteiger partial charge on any atom is 0.509 e. The number of hydrogen-bond acceptors (Lipinski definition) is 3. The van der Waals surface area contributed by atoms with E-state index >= 15 is 0 Å². The monoisotopic (exact) mass is 388 g/mol. The molecule has 0 spiro atoms. The van der Waals surface area contributed by atoms with Gasteiger partial charge in [0.25, 0.3) is 0 Å². The summed E-state index contributed by atoms with van der Waals surface area (Å²) in [5.41, 5.74) is 5.43. The molecular formula is C26H28O3. The summed E-state index contributed by atoms with van der Waals surface area (Å²) in [5.74, 6) is 0. The Hall–Kier alpha value is -3.07. The first-order chi connectivity index (χ1) is 13.9. The van der Waals surface area contributed by atoms with Gasteiger partial charge in [-0.3, -0.25) is 0 Å². The fourth-order valence-electron chi connectivity index (χ4n) is 3.45. The molecule has 150 valence electrons. The van der Waals surface area contributed by atoms with Crippen molar-refractivity contribution in [2.24, 2.45) is 0 Å². The third-order valence-electron chi connectivity index (χ3n) is 5.13. The van der Waals surface area contributed by atoms with E-state index in [-0.39, 0.29) is 6.61 Å². The van der Waals surface area contributed by atoms with Gasteiger partial charge in [0.2, 0.25) is 0 Å². The van der Waals surface area contributed by atoms with Gasteiger partial charge in [-0.25, -0.2) is 4.79 Å². The van der Waals surface area contributed by atoms with Gasteiger partial charge >= 0.3 is 6.16 Å². The molecule has 3 nitrogen and oxygen atoms in total. The van der Waals surface area contributed by atoms with Crippen molar-refractivity contribution in [3.8, 4) is 0 Å². The van der Waals surface area contributed by atoms with Crippen molar-refractivity contribution in [3.63, 3.8) is 0 Å². The summed E-state index contributed by atoms with van der Waals surface area (Å²) in [6.07, 6.45) is -0.154. The van der Waals surface area contributed by atoms with E-state index in [4.69, 9.17) is 9.47 Å². The van der Waals surface area contributed by atoms with Crippen molar-refractivity contribution in [3.05, 3.63) is 106 Å². The second-order valence-electron chi connectivity index (χ2n) is 7.51. The van der Waals surface area contributed by atoms with Crippen molar-refractivity contribution >= 4 is 6.16 Å². The van der Waals surface area contributed by atoms with Crippen molar-refractivity contribution in [1.82, 2.24) is 0 Å². The van der Waals surface area contributed by atoms with Crippen LogP contribution < -0.4 is 0 Å². The molecule has 0 unspecified atom stereocenters. The van der Waals surface area contributed by atoms with Gasteiger partial charge in [-0.1, -0.05) is 89.5 Å². The molecule has 0 aliphatic heterocycles. The summed E-state index contributed by atoms with van der Waals surface area (Å²) < 4.78 is 11.3. The van der Waals surface area contributed by atoms with Gasteiger partial charge in [-0.2, -0.15) is 0 Å². The van der Waals surface area contributed by atoms with Crippen LogP contribution in [0, 0.1) is 20.8 Å². The van der Waals surface area contributed by atoms with Gasteiger partial charge in [0.1, 0.15) is 0 Å². The minimum absolute atomic E-state index is 0.265. The molecule has 0 aromatic heterocycles. The molecule has 0 bridgehead atoms. The van der Waals surface area contributed by atoms with Crippen LogP contribution in [0.3, 0.4) is 0 Å². The summed E-state index contributed by atoms with van der Waals surface area (Å²) in [5, 5.41) is 0. The maximum atomic E-state index is 12.5. The molecular weight excluding hydrogens is 360 g/mol. The minimum atomic E-state index is -0.983. The highest BCUT2D eigenvalue weighted by Gasteiger charge is 2.39. The Bertz CT molecular complexity index is 893. The van der Waals surface area contributed by atoms with E-state index in [9.17, 15) is 4.79 Å². The summed E-state index contributed by atoms with van der Waals surface area (Å²) >= 11 is 0. The van der Waals surface area contributed by atoms with Crippen LogP contribution in [0.25, 0.3) is 0 Å². The van der Waals surface area contributed by atoms with Gasteiger partial charge < -0.3 is 9.47 Å². The molecule has 3 aromatic rings. The second-order valence-corrected chi connectivity index (χ2v) is 7.51. The highest BCUT2D eigenvalue weighted by molar-refractivity contribution is 5.62. The van der Waals surface area contributed by atoms with Gasteiger partial charge in [0, 0.05) is 17.5 Å². The highest BCUT2D eigenvalue weighted by Crippen LogP contribution is 2.38. The molecule has 3 heteroatoms. The molecule has 0 atom stereocenters. The number of aryl methyl sites for hydroxylation is 3. The molecule has 0 N–H and O–H groups in total. The molecule has 0 amide bonds. The van der Waals surface area contributed by atoms with Crippen molar-refractivity contribution in [1.29, 1.82) is 0 Å². The number of carbonyl (C=O) groups excluding carboxylic acids is 1. The van der Waals surface area contributed by atoms with Crippen LogP contribution in [0.2, 0.25) is 0 Å². The van der Waals surface area contributed by atoms with Gasteiger partial charge in [-0.05, 0) is 33.3 Å². The Labute approximate surface area is 173 Å². The average molecular weight is 389 g/mol. The smallest absolute Gasteiger partial charge is 0.435 e. The van der Waals surface area contributed by atoms with Gasteiger partial charge in [0.05, 0.1) is 6.61 Å². The van der Waals surface area contributed by atoms with E-state index < -0.39 is 11.8 Å². The Morgan fingerprint density at radius 2 is 1.14 bits per heavy atom. The molecule has 0 radical (unpaired) electrons. The second kappa shape index (κ2) is 8.95. The molecule has 0 saturated carbocycles. The van der Waals surface area contributed by atoms with Crippen LogP contribution in [0.15, 0.2) is 72.8 Å². The molecule has 0 aliphatic carbocycles. The molecule has 29 heavy (non-hydrogen) atoms. The Morgan fingerprint density at radius 3 is 1.55 bits per heavy atom. The lowest BCUT2D eigenvalue weighted by Crippen LogP contribution is -2.36. The highest BCUT2D eigenvalue weighted by atomic mass is 16.7. The zero-order valence-electron chi connectivity index (χ0n) is 17.6. The number of hydrogen-bond donors (Lipinski definition) is 0. The van der Waals surface area contributed by atoms with Crippen LogP contribution in [-0.4, -0.2) is 12.8 Å². The lowest BCUT2D eigenvalue weighted by molar-refractivity contribution is -0.0152. The van der Waals surface area contributed by atoms with Crippen LogP contribution in [0.1, 0.15) is 40.3 Å². The molecule has 3 rings (SSSR count). The number of ether oxygens (including phenoxy) is 2. The molecule has 0 heterocycles. The first-order valence-electron chi connectivity index (χ1n) is 9.98. The molecule has 0 aliphatic rings. The quantitative estimate of drug-likeness (QED) is 0.467. The molecule has 0 saturated heterocycles. The van der Waals surface area contributed by atoms with Gasteiger partial charge in [0.15, 0.2) is 5.60 Å². The summed E-state index contributed by atoms with van der Waals surface area (Å²) in [4.78, 5) is 12.5.